The average molecular weight is 499 g/mol. The van der Waals surface area contributed by atoms with Crippen molar-refractivity contribution in [3.8, 4) is 11.5 Å². The Morgan fingerprint density at radius 1 is 1.09 bits per heavy atom. The van der Waals surface area contributed by atoms with E-state index in [2.05, 4.69) is 17.5 Å². The topological polar surface area (TPSA) is 84.9 Å². The van der Waals surface area contributed by atoms with Gasteiger partial charge >= 0.3 is 5.97 Å². The van der Waals surface area contributed by atoms with Gasteiger partial charge in [-0.2, -0.15) is 4.31 Å². The van der Waals surface area contributed by atoms with Crippen molar-refractivity contribution in [3.63, 3.8) is 0 Å². The second-order valence-corrected chi connectivity index (χ2v) is 11.1. The van der Waals surface area contributed by atoms with Crippen LogP contribution in [-0.2, 0) is 14.8 Å². The number of methoxy groups -OCH3 is 1. The van der Waals surface area contributed by atoms with Crippen LogP contribution in [0.2, 0.25) is 0 Å². The Morgan fingerprint density at radius 3 is 2.49 bits per heavy atom. The van der Waals surface area contributed by atoms with Gasteiger partial charge in [-0.05, 0) is 66.6 Å². The van der Waals surface area contributed by atoms with E-state index in [1.165, 1.54) is 6.92 Å². The van der Waals surface area contributed by atoms with E-state index in [4.69, 9.17) is 9.47 Å². The molecule has 0 radical (unpaired) electrons. The smallest absolute Gasteiger partial charge is 0.308 e. The summed E-state index contributed by atoms with van der Waals surface area (Å²) in [5.74, 6) is 0.826. The highest BCUT2D eigenvalue weighted by molar-refractivity contribution is 7.89. The Balaban J connectivity index is 1.69. The highest BCUT2D eigenvalue weighted by Crippen LogP contribution is 2.51. The van der Waals surface area contributed by atoms with Gasteiger partial charge in [0.25, 0.3) is 0 Å². The molecule has 0 fully saturated rings. The lowest BCUT2D eigenvalue weighted by atomic mass is 9.77. The molecule has 2 aromatic carbocycles. The Hall–Kier alpha value is -2.84. The standard InChI is InChI=1S/C27H34N2O5S/c1-5-14-29(15-6-2)35(31,32)20-11-12-24-23(17-20)21-8-7-9-22(21)27(28-24)19-10-13-25(34-18(3)30)26(16-19)33-4/h7-8,10-13,16-17,21-22,27-28H,5-6,9,14-15H2,1-4H3. The molecule has 0 spiro atoms. The van der Waals surface area contributed by atoms with Gasteiger partial charge in [0.15, 0.2) is 11.5 Å². The van der Waals surface area contributed by atoms with Crippen molar-refractivity contribution in [2.24, 2.45) is 5.92 Å². The summed E-state index contributed by atoms with van der Waals surface area (Å²) >= 11 is 0. The highest BCUT2D eigenvalue weighted by atomic mass is 32.2. The van der Waals surface area contributed by atoms with Gasteiger partial charge in [-0.15, -0.1) is 0 Å². The van der Waals surface area contributed by atoms with Crippen LogP contribution in [0.15, 0.2) is 53.4 Å². The first-order valence-electron chi connectivity index (χ1n) is 12.2. The van der Waals surface area contributed by atoms with Gasteiger partial charge < -0.3 is 14.8 Å². The van der Waals surface area contributed by atoms with Crippen LogP contribution in [-0.4, -0.2) is 38.9 Å². The van der Waals surface area contributed by atoms with Crippen LogP contribution in [0.4, 0.5) is 5.69 Å². The minimum absolute atomic E-state index is 0.00177. The molecule has 0 saturated heterocycles. The summed E-state index contributed by atoms with van der Waals surface area (Å²) in [6.07, 6.45) is 6.80. The summed E-state index contributed by atoms with van der Waals surface area (Å²) in [4.78, 5) is 11.8. The maximum atomic E-state index is 13.4. The number of rotatable bonds is 9. The minimum atomic E-state index is -3.55. The number of nitrogens with one attached hydrogen (secondary N) is 1. The van der Waals surface area contributed by atoms with Crippen LogP contribution in [0.1, 0.15) is 63.1 Å². The number of esters is 1. The zero-order valence-electron chi connectivity index (χ0n) is 20.8. The first-order chi connectivity index (χ1) is 16.8. The zero-order chi connectivity index (χ0) is 25.2. The van der Waals surface area contributed by atoms with Gasteiger partial charge in [0.1, 0.15) is 0 Å². The monoisotopic (exact) mass is 498 g/mol. The number of carbonyl (C=O) groups excluding carboxylic acids is 1. The predicted molar refractivity (Wildman–Crippen MR) is 136 cm³/mol. The fourth-order valence-electron chi connectivity index (χ4n) is 5.18. The lowest BCUT2D eigenvalue weighted by Crippen LogP contribution is -2.33. The van der Waals surface area contributed by atoms with Gasteiger partial charge in [-0.3, -0.25) is 4.79 Å². The Morgan fingerprint density at radius 2 is 1.83 bits per heavy atom. The summed E-state index contributed by atoms with van der Waals surface area (Å²) in [7, 11) is -2.00. The number of hydrogen-bond donors (Lipinski definition) is 1. The molecule has 2 aliphatic rings. The van der Waals surface area contributed by atoms with Gasteiger partial charge in [-0.25, -0.2) is 8.42 Å². The maximum Gasteiger partial charge on any atom is 0.308 e. The number of carbonyl (C=O) groups is 1. The predicted octanol–water partition coefficient (Wildman–Crippen LogP) is 5.26. The van der Waals surface area contributed by atoms with Crippen LogP contribution in [0.5, 0.6) is 11.5 Å². The van der Waals surface area contributed by atoms with E-state index in [9.17, 15) is 13.2 Å². The van der Waals surface area contributed by atoms with Crippen LogP contribution < -0.4 is 14.8 Å². The molecule has 4 rings (SSSR count). The average Bonchev–Trinajstić information content (AvgIpc) is 3.33. The van der Waals surface area contributed by atoms with Gasteiger partial charge in [0.05, 0.1) is 18.0 Å². The number of allylic oxidation sites excluding steroid dienone is 2. The SMILES string of the molecule is CCCN(CCC)S(=O)(=O)c1ccc2c(c1)C1C=CCC1C(c1ccc(OC(C)=O)c(OC)c1)N2. The van der Waals surface area contributed by atoms with Crippen LogP contribution in [0.25, 0.3) is 0 Å². The molecule has 1 heterocycles. The minimum Gasteiger partial charge on any atom is -0.493 e. The number of benzene rings is 2. The van der Waals surface area contributed by atoms with E-state index in [0.717, 1.165) is 36.1 Å². The maximum absolute atomic E-state index is 13.4. The summed E-state index contributed by atoms with van der Waals surface area (Å²) in [6.45, 7) is 6.39. The molecule has 1 aliphatic heterocycles. The lowest BCUT2D eigenvalue weighted by Gasteiger charge is -2.38. The third-order valence-corrected chi connectivity index (χ3v) is 8.61. The van der Waals surface area contributed by atoms with Crippen molar-refractivity contribution in [2.75, 3.05) is 25.5 Å². The van der Waals surface area contributed by atoms with Crippen molar-refractivity contribution >= 4 is 21.7 Å². The molecule has 1 aliphatic carbocycles. The molecule has 1 N–H and O–H groups in total. The van der Waals surface area contributed by atoms with Crippen molar-refractivity contribution in [3.05, 3.63) is 59.7 Å². The molecule has 0 aromatic heterocycles. The van der Waals surface area contributed by atoms with Crippen molar-refractivity contribution in [1.29, 1.82) is 0 Å². The number of hydrogen-bond acceptors (Lipinski definition) is 6. The number of ether oxygens (including phenoxy) is 2. The Bertz CT molecular complexity index is 1220. The molecule has 7 nitrogen and oxygen atoms in total. The van der Waals surface area contributed by atoms with E-state index in [1.54, 1.807) is 23.5 Å². The zero-order valence-corrected chi connectivity index (χ0v) is 21.6. The molecule has 3 unspecified atom stereocenters. The van der Waals surface area contributed by atoms with Crippen LogP contribution in [0, 0.1) is 5.92 Å². The van der Waals surface area contributed by atoms with E-state index in [-0.39, 0.29) is 17.9 Å². The molecule has 0 amide bonds. The third-order valence-electron chi connectivity index (χ3n) is 6.72. The first-order valence-corrected chi connectivity index (χ1v) is 13.7. The van der Waals surface area contributed by atoms with Crippen molar-refractivity contribution in [2.45, 2.75) is 56.9 Å². The summed E-state index contributed by atoms with van der Waals surface area (Å²) in [6, 6.07) is 11.1. The quantitative estimate of drug-likeness (QED) is 0.288. The molecular formula is C27H34N2O5S. The third kappa shape index (κ3) is 4.95. The molecule has 0 bridgehead atoms. The van der Waals surface area contributed by atoms with E-state index < -0.39 is 16.0 Å². The number of fused-ring (bicyclic) bond motifs is 3. The molecular weight excluding hydrogens is 464 g/mol. The lowest BCUT2D eigenvalue weighted by molar-refractivity contribution is -0.132. The second-order valence-electron chi connectivity index (χ2n) is 9.13. The number of sulfonamides is 1. The number of nitrogens with zero attached hydrogens (tertiary/aromatic N) is 1. The summed E-state index contributed by atoms with van der Waals surface area (Å²) < 4.78 is 39.1. The second kappa shape index (κ2) is 10.4. The molecule has 0 saturated carbocycles. The van der Waals surface area contributed by atoms with Crippen molar-refractivity contribution < 1.29 is 22.7 Å². The van der Waals surface area contributed by atoms with Gasteiger partial charge in [-0.1, -0.05) is 32.1 Å². The van der Waals surface area contributed by atoms with Crippen molar-refractivity contribution in [1.82, 2.24) is 4.31 Å². The Kier molecular flexibility index (Phi) is 7.52. The van der Waals surface area contributed by atoms with Gasteiger partial charge in [0.2, 0.25) is 10.0 Å². The fourth-order valence-corrected chi connectivity index (χ4v) is 6.84. The molecule has 8 heteroatoms. The molecule has 2 aromatic rings. The normalized spacial score (nSPS) is 20.8. The van der Waals surface area contributed by atoms with Crippen LogP contribution in [0.3, 0.4) is 0 Å². The molecule has 35 heavy (non-hydrogen) atoms. The highest BCUT2D eigenvalue weighted by Gasteiger charge is 2.39. The van der Waals surface area contributed by atoms with Crippen LogP contribution >= 0.6 is 0 Å². The van der Waals surface area contributed by atoms with E-state index in [1.807, 2.05) is 38.1 Å². The molecule has 3 atom stereocenters. The van der Waals surface area contributed by atoms with E-state index in [0.29, 0.717) is 29.5 Å². The van der Waals surface area contributed by atoms with E-state index >= 15 is 0 Å². The summed E-state index contributed by atoms with van der Waals surface area (Å²) in [5, 5.41) is 3.64. The summed E-state index contributed by atoms with van der Waals surface area (Å²) in [5.41, 5.74) is 2.97. The molecule has 188 valence electrons. The number of anilines is 1. The largest absolute Gasteiger partial charge is 0.493 e. The first kappa shape index (κ1) is 25.3. The fraction of sp³-hybridized carbons (Fsp3) is 0.444. The Labute approximate surface area is 208 Å². The van der Waals surface area contributed by atoms with Gasteiger partial charge in [0, 0.05) is 31.6 Å².